The van der Waals surface area contributed by atoms with Crippen LogP contribution in [0.4, 0.5) is 0 Å². The number of benzene rings is 1. The Morgan fingerprint density at radius 3 is 2.17 bits per heavy atom. The van der Waals surface area contributed by atoms with Crippen LogP contribution in [-0.2, 0) is 0 Å². The van der Waals surface area contributed by atoms with E-state index in [9.17, 15) is 5.11 Å². The van der Waals surface area contributed by atoms with Crippen LogP contribution in [0.5, 0.6) is 23.0 Å². The molecule has 3 N–H and O–H groups in total. The molecule has 1 aromatic carbocycles. The van der Waals surface area contributed by atoms with E-state index in [-0.39, 0.29) is 19.0 Å². The van der Waals surface area contributed by atoms with Gasteiger partial charge in [-0.1, -0.05) is 0 Å². The molecule has 5 bridgehead atoms. The molecule has 0 aromatic heterocycles. The molecule has 6 aliphatic rings. The molecule has 0 heterocycles. The summed E-state index contributed by atoms with van der Waals surface area (Å²) >= 11 is 0. The minimum Gasteiger partial charge on any atom is -1.00 e. The lowest BCUT2D eigenvalue weighted by molar-refractivity contribution is -0.754. The van der Waals surface area contributed by atoms with Crippen LogP contribution >= 0.6 is 0 Å². The number of ether oxygens (including phenoxy) is 4. The number of nitrogens with two attached hydrogens (primary N) is 1. The Kier molecular flexibility index (Phi) is 5.33. The van der Waals surface area contributed by atoms with Crippen molar-refractivity contribution in [3.63, 3.8) is 0 Å². The third kappa shape index (κ3) is 3.15. The molecule has 7 rings (SSSR count). The number of quaternary nitrogens is 1. The lowest BCUT2D eigenvalue weighted by Crippen LogP contribution is -3.03. The van der Waals surface area contributed by atoms with Gasteiger partial charge in [0.25, 0.3) is 0 Å². The van der Waals surface area contributed by atoms with Crippen LogP contribution < -0.4 is 36.7 Å². The number of methoxy groups -OCH3 is 3. The summed E-state index contributed by atoms with van der Waals surface area (Å²) in [7, 11) is 4.74. The number of hydrogen-bond donors (Lipinski definition) is 2. The van der Waals surface area contributed by atoms with Crippen molar-refractivity contribution in [3.05, 3.63) is 12.1 Å². The van der Waals surface area contributed by atoms with E-state index in [4.69, 9.17) is 18.9 Å². The zero-order valence-corrected chi connectivity index (χ0v) is 18.2. The number of rotatable bonds is 9. The SMILES string of the molecule is COc1cc(OCC(O)C[NH2+]C23CC4CC5(CC(C2)C45)C3)cc(OC)c1OC.[Cl-]. The van der Waals surface area contributed by atoms with Gasteiger partial charge in [-0.25, -0.2) is 0 Å². The molecule has 0 amide bonds. The van der Waals surface area contributed by atoms with Crippen LogP contribution in [0.25, 0.3) is 0 Å². The van der Waals surface area contributed by atoms with Crippen LogP contribution in [0.2, 0.25) is 0 Å². The molecular formula is C22H32ClNO5. The van der Waals surface area contributed by atoms with Crippen LogP contribution in [-0.4, -0.2) is 51.2 Å². The fraction of sp³-hybridized carbons (Fsp3) is 0.727. The molecule has 6 fully saturated rings. The Morgan fingerprint density at radius 1 is 1.03 bits per heavy atom. The van der Waals surface area contributed by atoms with Crippen molar-refractivity contribution in [1.82, 2.24) is 0 Å². The molecule has 3 atom stereocenters. The fourth-order valence-corrected chi connectivity index (χ4v) is 7.38. The minimum absolute atomic E-state index is 0. The predicted molar refractivity (Wildman–Crippen MR) is 103 cm³/mol. The summed E-state index contributed by atoms with van der Waals surface area (Å²) in [5.41, 5.74) is 1.11. The van der Waals surface area contributed by atoms with Crippen molar-refractivity contribution in [2.24, 2.45) is 23.2 Å². The summed E-state index contributed by atoms with van der Waals surface area (Å²) in [5.74, 6) is 5.26. The molecule has 0 aliphatic heterocycles. The van der Waals surface area contributed by atoms with E-state index in [1.54, 1.807) is 33.5 Å². The molecule has 6 saturated carbocycles. The Morgan fingerprint density at radius 2 is 1.66 bits per heavy atom. The van der Waals surface area contributed by atoms with Gasteiger partial charge >= 0.3 is 0 Å². The smallest absolute Gasteiger partial charge is 0.203 e. The van der Waals surface area contributed by atoms with E-state index < -0.39 is 6.10 Å². The van der Waals surface area contributed by atoms with E-state index in [2.05, 4.69) is 5.32 Å². The van der Waals surface area contributed by atoms with Crippen LogP contribution in [0.1, 0.15) is 32.1 Å². The maximum Gasteiger partial charge on any atom is 0.203 e. The summed E-state index contributed by atoms with van der Waals surface area (Å²) in [6.45, 7) is 0.955. The standard InChI is InChI=1S/C22H31NO5.ClH/c1-25-17-4-16(5-18(26-2)20(17)27-3)28-11-15(24)10-23-22-8-13-6-21(12-22)7-14(9-22)19(13)21;/h4-5,13-15,19,23-24H,6-12H2,1-3H3;1H. The molecule has 0 radical (unpaired) electrons. The third-order valence-corrected chi connectivity index (χ3v) is 8.01. The zero-order chi connectivity index (χ0) is 19.5. The van der Waals surface area contributed by atoms with E-state index >= 15 is 0 Å². The van der Waals surface area contributed by atoms with Crippen molar-refractivity contribution in [2.75, 3.05) is 34.5 Å². The molecular weight excluding hydrogens is 394 g/mol. The lowest BCUT2D eigenvalue weighted by Gasteiger charge is -2.79. The van der Waals surface area contributed by atoms with Crippen molar-refractivity contribution in [1.29, 1.82) is 0 Å². The van der Waals surface area contributed by atoms with E-state index in [0.29, 0.717) is 40.5 Å². The number of aliphatic hydroxyl groups excluding tert-OH is 1. The van der Waals surface area contributed by atoms with Gasteiger partial charge in [-0.3, -0.25) is 0 Å². The molecule has 1 aromatic rings. The van der Waals surface area contributed by atoms with Gasteiger partial charge in [-0.05, 0) is 36.0 Å². The maximum atomic E-state index is 10.5. The summed E-state index contributed by atoms with van der Waals surface area (Å²) in [6.07, 6.45) is 6.55. The largest absolute Gasteiger partial charge is 1.00 e. The topological polar surface area (TPSA) is 73.8 Å². The molecule has 7 heteroatoms. The van der Waals surface area contributed by atoms with Crippen molar-refractivity contribution >= 4 is 0 Å². The Bertz CT molecular complexity index is 731. The second-order valence-corrected chi connectivity index (χ2v) is 9.53. The van der Waals surface area contributed by atoms with Gasteiger partial charge in [0.05, 0.1) is 26.9 Å². The summed E-state index contributed by atoms with van der Waals surface area (Å²) < 4.78 is 21.9. The average Bonchev–Trinajstić information content (AvgIpc) is 2.68. The van der Waals surface area contributed by atoms with E-state index in [1.165, 1.54) is 32.1 Å². The van der Waals surface area contributed by atoms with E-state index in [0.717, 1.165) is 17.8 Å². The van der Waals surface area contributed by atoms with Gasteiger partial charge in [0.15, 0.2) is 11.5 Å². The Balaban J connectivity index is 0.00000205. The highest BCUT2D eigenvalue weighted by Gasteiger charge is 2.76. The maximum absolute atomic E-state index is 10.5. The molecule has 29 heavy (non-hydrogen) atoms. The monoisotopic (exact) mass is 425 g/mol. The van der Waals surface area contributed by atoms with E-state index in [1.807, 2.05) is 0 Å². The minimum atomic E-state index is -0.502. The van der Waals surface area contributed by atoms with Gasteiger partial charge in [-0.15, -0.1) is 0 Å². The van der Waals surface area contributed by atoms with Gasteiger partial charge in [0.2, 0.25) is 5.75 Å². The highest BCUT2D eigenvalue weighted by Crippen LogP contribution is 2.79. The second kappa shape index (κ2) is 7.40. The molecule has 0 saturated heterocycles. The van der Waals surface area contributed by atoms with Crippen LogP contribution in [0.3, 0.4) is 0 Å². The quantitative estimate of drug-likeness (QED) is 0.509. The first-order valence-electron chi connectivity index (χ1n) is 10.5. The molecule has 162 valence electrons. The van der Waals surface area contributed by atoms with Gasteiger partial charge in [-0.2, -0.15) is 0 Å². The first-order valence-corrected chi connectivity index (χ1v) is 10.5. The van der Waals surface area contributed by atoms with Gasteiger partial charge in [0, 0.05) is 31.4 Å². The van der Waals surface area contributed by atoms with Crippen molar-refractivity contribution < 1.29 is 41.8 Å². The summed E-state index contributed by atoms with van der Waals surface area (Å²) in [4.78, 5) is 0. The first kappa shape index (κ1) is 20.9. The highest BCUT2D eigenvalue weighted by molar-refractivity contribution is 5.55. The number of aliphatic hydroxyl groups is 1. The Hall–Kier alpha value is -1.37. The molecule has 3 unspecified atom stereocenters. The molecule has 6 nitrogen and oxygen atoms in total. The third-order valence-electron chi connectivity index (χ3n) is 8.01. The van der Waals surface area contributed by atoms with Crippen LogP contribution in [0.15, 0.2) is 12.1 Å². The molecule has 6 aliphatic carbocycles. The van der Waals surface area contributed by atoms with Crippen LogP contribution in [0, 0.1) is 23.2 Å². The normalized spacial score (nSPS) is 36.2. The predicted octanol–water partition coefficient (Wildman–Crippen LogP) is -1.40. The second-order valence-electron chi connectivity index (χ2n) is 9.53. The highest BCUT2D eigenvalue weighted by atomic mass is 35.5. The number of hydrogen-bond acceptors (Lipinski definition) is 5. The summed E-state index contributed by atoms with van der Waals surface area (Å²) in [5, 5.41) is 13.0. The van der Waals surface area contributed by atoms with Gasteiger partial charge < -0.3 is 41.8 Å². The average molecular weight is 426 g/mol. The zero-order valence-electron chi connectivity index (χ0n) is 17.4. The number of halogens is 1. The first-order chi connectivity index (χ1) is 13.5. The van der Waals surface area contributed by atoms with Crippen molar-refractivity contribution in [3.8, 4) is 23.0 Å². The van der Waals surface area contributed by atoms with Gasteiger partial charge in [0.1, 0.15) is 25.0 Å². The van der Waals surface area contributed by atoms with Crippen molar-refractivity contribution in [2.45, 2.75) is 43.7 Å². The lowest BCUT2D eigenvalue weighted by atomic mass is 9.26. The summed E-state index contributed by atoms with van der Waals surface area (Å²) in [6, 6.07) is 3.53. The fourth-order valence-electron chi connectivity index (χ4n) is 7.38. The molecule has 1 spiro atoms. The Labute approximate surface area is 178 Å².